The van der Waals surface area contributed by atoms with Crippen molar-refractivity contribution in [1.29, 1.82) is 0 Å². The average molecular weight is 1320 g/mol. The van der Waals surface area contributed by atoms with E-state index in [9.17, 15) is 19.0 Å². The Balaban J connectivity index is 4.95. The quantitative estimate of drug-likeness (QED) is 0.0212. The molecule has 10 heteroatoms. The lowest BCUT2D eigenvalue weighted by atomic mass is 10.0. The first-order valence-corrected chi connectivity index (χ1v) is 41.4. The van der Waals surface area contributed by atoms with E-state index in [1.807, 2.05) is 33.3 Å². The number of quaternary nitrogens is 1. The Morgan fingerprint density at radius 1 is 0.387 bits per heavy atom. The Bertz CT molecular complexity index is 1870. The molecule has 0 bridgehead atoms. The molecule has 0 aromatic carbocycles. The molecule has 0 aliphatic heterocycles. The SMILES string of the molecule is CC/C=C\C/C=C\C/C=C\C/C=C\C/C=C\CCCCCCCCCCCCCC(=O)OC(/C=C/CCCCCCCCCCCCC)C(COP(=O)([O-])OCC[N+](C)(C)C)NC(=O)CCCCCCCCCCCCCCCCCCC/C=C/CCCCCCCC. The lowest BCUT2D eigenvalue weighted by Crippen LogP contribution is -2.47. The van der Waals surface area contributed by atoms with Crippen LogP contribution in [0.3, 0.4) is 0 Å². The van der Waals surface area contributed by atoms with Gasteiger partial charge in [0.05, 0.1) is 33.8 Å². The van der Waals surface area contributed by atoms with Gasteiger partial charge < -0.3 is 28.5 Å². The maximum absolute atomic E-state index is 13.7. The Morgan fingerprint density at radius 3 is 1.04 bits per heavy atom. The number of hydrogen-bond acceptors (Lipinski definition) is 7. The van der Waals surface area contributed by atoms with E-state index in [1.165, 1.54) is 257 Å². The molecule has 0 spiro atoms. The first-order chi connectivity index (χ1) is 45.4. The Labute approximate surface area is 577 Å². The third-order valence-corrected chi connectivity index (χ3v) is 18.8. The third kappa shape index (κ3) is 73.3. The summed E-state index contributed by atoms with van der Waals surface area (Å²) in [6, 6.07) is -0.893. The molecular formula is C83H153N2O7P. The van der Waals surface area contributed by atoms with E-state index in [1.54, 1.807) is 0 Å². The molecule has 0 fully saturated rings. The molecule has 1 amide bonds. The fourth-order valence-corrected chi connectivity index (χ4v) is 12.4. The van der Waals surface area contributed by atoms with Crippen LogP contribution in [0.5, 0.6) is 0 Å². The Morgan fingerprint density at radius 2 is 0.688 bits per heavy atom. The summed E-state index contributed by atoms with van der Waals surface area (Å²) in [6.45, 7) is 6.78. The van der Waals surface area contributed by atoms with Gasteiger partial charge in [-0.05, 0) is 102 Å². The van der Waals surface area contributed by atoms with Crippen LogP contribution in [-0.4, -0.2) is 69.4 Å². The van der Waals surface area contributed by atoms with E-state index in [-0.39, 0.29) is 31.5 Å². The minimum atomic E-state index is -4.71. The van der Waals surface area contributed by atoms with Crippen molar-refractivity contribution in [2.24, 2.45) is 0 Å². The van der Waals surface area contributed by atoms with Crippen molar-refractivity contribution in [3.63, 3.8) is 0 Å². The second-order valence-electron chi connectivity index (χ2n) is 28.2. The van der Waals surface area contributed by atoms with E-state index in [2.05, 4.69) is 99.0 Å². The molecule has 93 heavy (non-hydrogen) atoms. The number of rotatable bonds is 73. The summed E-state index contributed by atoms with van der Waals surface area (Å²) in [7, 11) is 1.19. The van der Waals surface area contributed by atoms with Gasteiger partial charge in [0.1, 0.15) is 19.3 Å². The smallest absolute Gasteiger partial charge is 0.306 e. The van der Waals surface area contributed by atoms with Gasteiger partial charge in [-0.25, -0.2) is 0 Å². The summed E-state index contributed by atoms with van der Waals surface area (Å²) in [5.74, 6) is -0.530. The van der Waals surface area contributed by atoms with Gasteiger partial charge in [-0.1, -0.05) is 350 Å². The molecule has 1 N–H and O–H groups in total. The fourth-order valence-electron chi connectivity index (χ4n) is 11.7. The number of phosphoric ester groups is 1. The van der Waals surface area contributed by atoms with Crippen LogP contribution in [0.4, 0.5) is 0 Å². The molecular weight excluding hydrogens is 1170 g/mol. The molecule has 9 nitrogen and oxygen atoms in total. The predicted octanol–water partition coefficient (Wildman–Crippen LogP) is 25.4. The van der Waals surface area contributed by atoms with E-state index >= 15 is 0 Å². The monoisotopic (exact) mass is 1320 g/mol. The number of amides is 1. The normalized spacial score (nSPS) is 13.8. The van der Waals surface area contributed by atoms with E-state index < -0.39 is 20.0 Å². The molecule has 3 atom stereocenters. The molecule has 0 saturated carbocycles. The van der Waals surface area contributed by atoms with Crippen LogP contribution in [-0.2, 0) is 27.9 Å². The second-order valence-corrected chi connectivity index (χ2v) is 29.6. The van der Waals surface area contributed by atoms with Crippen LogP contribution in [0.15, 0.2) is 85.1 Å². The largest absolute Gasteiger partial charge is 0.756 e. The Kier molecular flexibility index (Phi) is 69.8. The number of phosphoric acid groups is 1. The number of unbranched alkanes of at least 4 members (excludes halogenated alkanes) is 45. The summed E-state index contributed by atoms with van der Waals surface area (Å²) < 4.78 is 30.6. The maximum Gasteiger partial charge on any atom is 0.306 e. The highest BCUT2D eigenvalue weighted by Crippen LogP contribution is 2.38. The summed E-state index contributed by atoms with van der Waals surface area (Å²) >= 11 is 0. The van der Waals surface area contributed by atoms with Crippen LogP contribution in [0, 0.1) is 0 Å². The zero-order valence-corrected chi connectivity index (χ0v) is 63.1. The second kappa shape index (κ2) is 71.9. The molecule has 0 radical (unpaired) electrons. The molecule has 0 aliphatic rings. The van der Waals surface area contributed by atoms with E-state index in [0.29, 0.717) is 17.4 Å². The van der Waals surface area contributed by atoms with Crippen molar-refractivity contribution in [2.45, 2.75) is 392 Å². The van der Waals surface area contributed by atoms with Gasteiger partial charge in [-0.15, -0.1) is 0 Å². The molecule has 0 aromatic heterocycles. The lowest BCUT2D eigenvalue weighted by Gasteiger charge is -2.30. The molecule has 3 unspecified atom stereocenters. The van der Waals surface area contributed by atoms with Gasteiger partial charge in [-0.3, -0.25) is 14.2 Å². The molecule has 0 rings (SSSR count). The molecule has 0 aromatic rings. The summed E-state index contributed by atoms with van der Waals surface area (Å²) in [6.07, 6.45) is 97.3. The third-order valence-electron chi connectivity index (χ3n) is 17.8. The van der Waals surface area contributed by atoms with Crippen LogP contribution in [0.25, 0.3) is 0 Å². The van der Waals surface area contributed by atoms with Gasteiger partial charge in [0.25, 0.3) is 7.82 Å². The van der Waals surface area contributed by atoms with Crippen molar-refractivity contribution in [1.82, 2.24) is 5.32 Å². The summed E-state index contributed by atoms with van der Waals surface area (Å²) in [5.41, 5.74) is 0. The van der Waals surface area contributed by atoms with Crippen LogP contribution >= 0.6 is 7.82 Å². The minimum absolute atomic E-state index is 0.0234. The van der Waals surface area contributed by atoms with Crippen LogP contribution < -0.4 is 10.2 Å². The molecule has 0 heterocycles. The molecule has 0 aliphatic carbocycles. The highest BCUT2D eigenvalue weighted by Gasteiger charge is 2.27. The van der Waals surface area contributed by atoms with Gasteiger partial charge in [-0.2, -0.15) is 0 Å². The van der Waals surface area contributed by atoms with Gasteiger partial charge in [0.2, 0.25) is 5.91 Å². The van der Waals surface area contributed by atoms with Crippen LogP contribution in [0.2, 0.25) is 0 Å². The van der Waals surface area contributed by atoms with E-state index in [4.69, 9.17) is 13.8 Å². The highest BCUT2D eigenvalue weighted by molar-refractivity contribution is 7.45. The van der Waals surface area contributed by atoms with Crippen molar-refractivity contribution >= 4 is 19.7 Å². The zero-order chi connectivity index (χ0) is 67.8. The fraction of sp³-hybridized carbons (Fsp3) is 0.807. The van der Waals surface area contributed by atoms with Crippen molar-refractivity contribution < 1.29 is 37.3 Å². The summed E-state index contributed by atoms with van der Waals surface area (Å²) in [5, 5.41) is 3.06. The number of hydrogen-bond donors (Lipinski definition) is 1. The first kappa shape index (κ1) is 90.2. The minimum Gasteiger partial charge on any atom is -0.756 e. The average Bonchev–Trinajstić information content (AvgIpc) is 2.15. The number of ether oxygens (including phenoxy) is 1. The number of carbonyl (C=O) groups excluding carboxylic acids is 2. The molecule has 0 saturated heterocycles. The Hall–Kier alpha value is -2.81. The first-order valence-electron chi connectivity index (χ1n) is 39.9. The maximum atomic E-state index is 13.7. The predicted molar refractivity (Wildman–Crippen MR) is 404 cm³/mol. The van der Waals surface area contributed by atoms with Crippen molar-refractivity contribution in [3.8, 4) is 0 Å². The van der Waals surface area contributed by atoms with Crippen LogP contribution in [0.1, 0.15) is 380 Å². The van der Waals surface area contributed by atoms with Gasteiger partial charge in [0.15, 0.2) is 0 Å². The highest BCUT2D eigenvalue weighted by atomic mass is 31.2. The number of carbonyl (C=O) groups is 2. The zero-order valence-electron chi connectivity index (χ0n) is 62.2. The number of nitrogens with one attached hydrogen (secondary N) is 1. The molecule has 542 valence electrons. The standard InChI is InChI=1S/C83H153N2O7P/c1-7-10-13-16-19-22-25-28-30-32-34-36-38-40-42-44-46-48-50-52-54-57-60-63-66-69-72-75-82(86)84-80(79-91-93(88,89)90-78-77-85(4,5)6)81(74-71-68-65-62-59-56-27-24-21-18-15-12-9-3)92-83(87)76-73-70-67-64-61-58-55-53-51-49-47-45-43-41-39-37-35-33-31-29-26-23-20-17-14-11-8-2/h11,14,20,23,28-31,35,37,41,43,71,74,80-81H,7-10,12-13,15-19,21-22,24-27,32-34,36,38-40,42,44-70,72-73,75-79H2,1-6H3,(H-,84,86,88,89)/b14-11-,23-20-,30-28+,31-29-,37-35-,43-41-,74-71+. The van der Waals surface area contributed by atoms with Crippen molar-refractivity contribution in [3.05, 3.63) is 85.1 Å². The van der Waals surface area contributed by atoms with Gasteiger partial charge >= 0.3 is 5.97 Å². The number of likely N-dealkylation sites (N-methyl/N-ethyl adjacent to an activating group) is 1. The number of nitrogens with zero attached hydrogens (tertiary/aromatic N) is 1. The lowest BCUT2D eigenvalue weighted by molar-refractivity contribution is -0.870. The topological polar surface area (TPSA) is 114 Å². The van der Waals surface area contributed by atoms with Crippen molar-refractivity contribution in [2.75, 3.05) is 40.9 Å². The number of esters is 1. The van der Waals surface area contributed by atoms with Gasteiger partial charge in [0, 0.05) is 12.8 Å². The number of allylic oxidation sites excluding steroid dienone is 13. The van der Waals surface area contributed by atoms with E-state index in [0.717, 1.165) is 89.9 Å². The summed E-state index contributed by atoms with van der Waals surface area (Å²) in [4.78, 5) is 40.4.